The van der Waals surface area contributed by atoms with Gasteiger partial charge in [-0.1, -0.05) is 49.6 Å². The Labute approximate surface area is 247 Å². The summed E-state index contributed by atoms with van der Waals surface area (Å²) in [5, 5.41) is 2.65. The Hall–Kier alpha value is -3.70. The average molecular weight is 587 g/mol. The Morgan fingerprint density at radius 1 is 1.12 bits per heavy atom. The maximum absolute atomic E-state index is 13.3. The van der Waals surface area contributed by atoms with E-state index >= 15 is 0 Å². The lowest BCUT2D eigenvalue weighted by Gasteiger charge is -2.31. The van der Waals surface area contributed by atoms with E-state index in [9.17, 15) is 14.4 Å². The Kier molecular flexibility index (Phi) is 13.0. The van der Waals surface area contributed by atoms with Crippen molar-refractivity contribution in [1.82, 2.24) is 10.3 Å². The number of aryl methyl sites for hydroxylation is 1. The van der Waals surface area contributed by atoms with Crippen molar-refractivity contribution in [2.45, 2.75) is 71.6 Å². The molecule has 0 aliphatic carbocycles. The van der Waals surface area contributed by atoms with E-state index in [2.05, 4.69) is 41.5 Å². The van der Waals surface area contributed by atoms with E-state index in [1.54, 1.807) is 6.92 Å². The Morgan fingerprint density at radius 2 is 1.88 bits per heavy atom. The van der Waals surface area contributed by atoms with Crippen LogP contribution < -0.4 is 14.8 Å². The van der Waals surface area contributed by atoms with Gasteiger partial charge in [0, 0.05) is 31.7 Å². The Bertz CT molecular complexity index is 1170. The van der Waals surface area contributed by atoms with Crippen molar-refractivity contribution in [3.63, 3.8) is 0 Å². The zero-order valence-corrected chi connectivity index (χ0v) is 25.1. The highest BCUT2D eigenvalue weighted by Crippen LogP contribution is 2.30. The van der Waals surface area contributed by atoms with E-state index in [-0.39, 0.29) is 29.7 Å². The fourth-order valence-corrected chi connectivity index (χ4v) is 4.65. The molecule has 1 saturated heterocycles. The molecule has 2 heterocycles. The molecule has 11 heteroatoms. The van der Waals surface area contributed by atoms with Gasteiger partial charge in [-0.25, -0.2) is 9.78 Å². The highest BCUT2D eigenvalue weighted by atomic mass is 16.7. The Balaban J connectivity index is 1.78. The summed E-state index contributed by atoms with van der Waals surface area (Å²) in [7, 11) is 1.40. The van der Waals surface area contributed by atoms with Gasteiger partial charge in [0.2, 0.25) is 6.79 Å². The number of esters is 2. The third-order valence-corrected chi connectivity index (χ3v) is 6.88. The van der Waals surface area contributed by atoms with Crippen LogP contribution in [0.3, 0.4) is 0 Å². The number of hydrogen-bond donors (Lipinski definition) is 1. The summed E-state index contributed by atoms with van der Waals surface area (Å²) < 4.78 is 33.8. The second-order valence-electron chi connectivity index (χ2n) is 10.3. The number of ether oxygens (including phenoxy) is 6. The number of rotatable bonds is 13. The normalized spacial score (nSPS) is 20.8. The van der Waals surface area contributed by atoms with E-state index in [1.165, 1.54) is 31.9 Å². The maximum Gasteiger partial charge on any atom is 0.331 e. The molecule has 1 aromatic heterocycles. The van der Waals surface area contributed by atoms with Crippen LogP contribution in [-0.2, 0) is 35.0 Å². The van der Waals surface area contributed by atoms with E-state index in [0.29, 0.717) is 19.6 Å². The highest BCUT2D eigenvalue weighted by molar-refractivity contribution is 5.98. The van der Waals surface area contributed by atoms with Gasteiger partial charge in [-0.05, 0) is 32.3 Å². The number of methoxy groups -OCH3 is 1. The number of pyridine rings is 1. The largest absolute Gasteiger partial charge is 0.493 e. The van der Waals surface area contributed by atoms with Crippen molar-refractivity contribution in [3.8, 4) is 11.5 Å². The average Bonchev–Trinajstić information content (AvgIpc) is 3.01. The van der Waals surface area contributed by atoms with Gasteiger partial charge in [0.05, 0.1) is 26.4 Å². The van der Waals surface area contributed by atoms with E-state index in [0.717, 1.165) is 24.8 Å². The third-order valence-electron chi connectivity index (χ3n) is 6.88. The van der Waals surface area contributed by atoms with Crippen LogP contribution in [-0.4, -0.2) is 74.8 Å². The second kappa shape index (κ2) is 16.7. The number of nitrogens with one attached hydrogen (secondary N) is 1. The molecule has 0 bridgehead atoms. The molecule has 0 unspecified atom stereocenters. The van der Waals surface area contributed by atoms with Gasteiger partial charge >= 0.3 is 11.9 Å². The smallest absolute Gasteiger partial charge is 0.331 e. The lowest BCUT2D eigenvalue weighted by molar-refractivity contribution is -0.160. The summed E-state index contributed by atoms with van der Waals surface area (Å²) in [6.45, 7) is 7.48. The van der Waals surface area contributed by atoms with Crippen LogP contribution in [0.1, 0.15) is 61.6 Å². The molecule has 0 radical (unpaired) electrons. The van der Waals surface area contributed by atoms with Crippen molar-refractivity contribution in [3.05, 3.63) is 53.3 Å². The molecule has 1 amide bonds. The van der Waals surface area contributed by atoms with Gasteiger partial charge in [-0.2, -0.15) is 0 Å². The first-order chi connectivity index (χ1) is 20.2. The molecule has 230 valence electrons. The molecule has 1 fully saturated rings. The first-order valence-corrected chi connectivity index (χ1v) is 14.3. The zero-order valence-electron chi connectivity index (χ0n) is 25.1. The van der Waals surface area contributed by atoms with Gasteiger partial charge in [0.15, 0.2) is 23.2 Å². The molecule has 0 spiro atoms. The van der Waals surface area contributed by atoms with Crippen molar-refractivity contribution >= 4 is 17.8 Å². The Morgan fingerprint density at radius 3 is 2.57 bits per heavy atom. The van der Waals surface area contributed by atoms with Crippen LogP contribution in [0.5, 0.6) is 11.5 Å². The highest BCUT2D eigenvalue weighted by Gasteiger charge is 2.36. The minimum Gasteiger partial charge on any atom is -0.493 e. The summed E-state index contributed by atoms with van der Waals surface area (Å²) in [5.41, 5.74) is 2.14. The van der Waals surface area contributed by atoms with Gasteiger partial charge in [0.25, 0.3) is 5.91 Å². The van der Waals surface area contributed by atoms with Crippen LogP contribution in [0.15, 0.2) is 36.5 Å². The first-order valence-electron chi connectivity index (χ1n) is 14.3. The summed E-state index contributed by atoms with van der Waals surface area (Å²) in [6.07, 6.45) is 4.06. The minimum atomic E-state index is -1.12. The quantitative estimate of drug-likeness (QED) is 0.210. The molecule has 1 aromatic carbocycles. The van der Waals surface area contributed by atoms with Crippen molar-refractivity contribution in [2.24, 2.45) is 5.92 Å². The number of carbonyl (C=O) groups is 3. The summed E-state index contributed by atoms with van der Waals surface area (Å²) in [5.74, 6) is -1.86. The fraction of sp³-hybridized carbons (Fsp3) is 0.548. The van der Waals surface area contributed by atoms with Crippen LogP contribution >= 0.6 is 0 Å². The number of unbranched alkanes of at least 4 members (excludes halogenated alkanes) is 2. The molecular formula is C31H42N2O9. The predicted molar refractivity (Wildman–Crippen MR) is 153 cm³/mol. The maximum atomic E-state index is 13.3. The molecule has 2 aromatic rings. The number of amides is 1. The third kappa shape index (κ3) is 9.70. The van der Waals surface area contributed by atoms with Crippen LogP contribution in [0.2, 0.25) is 0 Å². The summed E-state index contributed by atoms with van der Waals surface area (Å²) in [4.78, 5) is 41.8. The van der Waals surface area contributed by atoms with Crippen molar-refractivity contribution in [1.29, 1.82) is 0 Å². The van der Waals surface area contributed by atoms with Gasteiger partial charge in [-0.3, -0.25) is 9.59 Å². The standard InChI is InChI=1S/C31H42N2O9/c1-6-7-8-15-39-28-21(3)42-31(36)25(18-38-17-24(28)16-23-11-9-20(2)10-12-23)33-30(35)27-29(41-19-40-22(4)34)26(37-5)13-14-32-27/h9-14,21,24-25,28H,6-8,15-19H2,1-5H3,(H,33,35)/t21-,24-,25-,28-/m0/s1. The van der Waals surface area contributed by atoms with Gasteiger partial charge < -0.3 is 33.7 Å². The summed E-state index contributed by atoms with van der Waals surface area (Å²) >= 11 is 0. The number of aromatic nitrogens is 1. The van der Waals surface area contributed by atoms with Crippen molar-refractivity contribution in [2.75, 3.05) is 33.7 Å². The number of carbonyl (C=O) groups excluding carboxylic acids is 3. The molecule has 42 heavy (non-hydrogen) atoms. The number of nitrogens with zero attached hydrogens (tertiary/aromatic N) is 1. The number of benzene rings is 1. The predicted octanol–water partition coefficient (Wildman–Crippen LogP) is 3.79. The number of cyclic esters (lactones) is 1. The zero-order chi connectivity index (χ0) is 30.5. The second-order valence-corrected chi connectivity index (χ2v) is 10.3. The van der Waals surface area contributed by atoms with E-state index in [4.69, 9.17) is 28.4 Å². The molecule has 11 nitrogen and oxygen atoms in total. The van der Waals surface area contributed by atoms with Gasteiger partial charge in [-0.15, -0.1) is 0 Å². The lowest BCUT2D eigenvalue weighted by Crippen LogP contribution is -2.46. The van der Waals surface area contributed by atoms with Crippen molar-refractivity contribution < 1.29 is 42.8 Å². The fourth-order valence-electron chi connectivity index (χ4n) is 4.65. The molecule has 1 aliphatic rings. The number of hydrogen-bond acceptors (Lipinski definition) is 10. The molecule has 1 aliphatic heterocycles. The monoisotopic (exact) mass is 586 g/mol. The summed E-state index contributed by atoms with van der Waals surface area (Å²) in [6, 6.07) is 8.67. The minimum absolute atomic E-state index is 0.0387. The molecular weight excluding hydrogens is 544 g/mol. The molecule has 3 rings (SSSR count). The van der Waals surface area contributed by atoms with Crippen LogP contribution in [0.25, 0.3) is 0 Å². The first kappa shape index (κ1) is 32.8. The SMILES string of the molecule is CCCCCO[C@@H]1[C@@H](Cc2ccc(C)cc2)COC[C@H](NC(=O)c2nccc(OC)c2OCOC(C)=O)C(=O)O[C@H]1C. The van der Waals surface area contributed by atoms with E-state index in [1.807, 2.05) is 6.92 Å². The molecule has 1 N–H and O–H groups in total. The van der Waals surface area contributed by atoms with Crippen LogP contribution in [0.4, 0.5) is 0 Å². The topological polar surface area (TPSA) is 132 Å². The molecule has 4 atom stereocenters. The lowest BCUT2D eigenvalue weighted by atomic mass is 9.91. The van der Waals surface area contributed by atoms with E-state index < -0.39 is 42.9 Å². The van der Waals surface area contributed by atoms with Gasteiger partial charge in [0.1, 0.15) is 6.10 Å². The van der Waals surface area contributed by atoms with Crippen LogP contribution in [0, 0.1) is 12.8 Å². The molecule has 0 saturated carbocycles.